The highest BCUT2D eigenvalue weighted by molar-refractivity contribution is 5.47. The molecular formula is C17H21FN2O. The number of anilines is 1. The van der Waals surface area contributed by atoms with E-state index in [0.717, 1.165) is 11.3 Å². The van der Waals surface area contributed by atoms with Gasteiger partial charge in [0.2, 0.25) is 0 Å². The minimum atomic E-state index is -0.252. The SMILES string of the molecule is CCOc1ccccc1C(N)CN(C)c1ccccc1F. The Hall–Kier alpha value is -2.07. The van der Waals surface area contributed by atoms with Crippen LogP contribution >= 0.6 is 0 Å². The van der Waals surface area contributed by atoms with Crippen molar-refractivity contribution in [2.75, 3.05) is 25.1 Å². The van der Waals surface area contributed by atoms with Crippen molar-refractivity contribution in [1.29, 1.82) is 0 Å². The zero-order valence-electron chi connectivity index (χ0n) is 12.4. The minimum absolute atomic E-state index is 0.245. The molecule has 0 saturated carbocycles. The Morgan fingerprint density at radius 3 is 2.52 bits per heavy atom. The summed E-state index contributed by atoms with van der Waals surface area (Å²) in [7, 11) is 1.83. The summed E-state index contributed by atoms with van der Waals surface area (Å²) in [6.07, 6.45) is 0. The fraction of sp³-hybridized carbons (Fsp3) is 0.294. The van der Waals surface area contributed by atoms with Gasteiger partial charge in [0.05, 0.1) is 18.3 Å². The number of likely N-dealkylation sites (N-methyl/N-ethyl adjacent to an activating group) is 1. The van der Waals surface area contributed by atoms with Gasteiger partial charge in [-0.25, -0.2) is 4.39 Å². The van der Waals surface area contributed by atoms with Gasteiger partial charge in [-0.1, -0.05) is 30.3 Å². The number of para-hydroxylation sites is 2. The second kappa shape index (κ2) is 7.09. The third-order valence-corrected chi connectivity index (χ3v) is 3.35. The van der Waals surface area contributed by atoms with E-state index in [1.807, 2.05) is 49.2 Å². The van der Waals surface area contributed by atoms with Crippen LogP contribution in [0.3, 0.4) is 0 Å². The lowest BCUT2D eigenvalue weighted by molar-refractivity contribution is 0.334. The number of nitrogens with two attached hydrogens (primary N) is 1. The van der Waals surface area contributed by atoms with E-state index in [1.165, 1.54) is 6.07 Å². The van der Waals surface area contributed by atoms with Gasteiger partial charge in [0.25, 0.3) is 0 Å². The third kappa shape index (κ3) is 3.73. The Bertz CT molecular complexity index is 589. The predicted molar refractivity (Wildman–Crippen MR) is 84.2 cm³/mol. The molecule has 2 N–H and O–H groups in total. The number of ether oxygens (including phenoxy) is 1. The lowest BCUT2D eigenvalue weighted by Crippen LogP contribution is -2.29. The molecule has 1 unspecified atom stereocenters. The molecule has 112 valence electrons. The average molecular weight is 288 g/mol. The molecule has 4 heteroatoms. The molecule has 0 fully saturated rings. The highest BCUT2D eigenvalue weighted by Gasteiger charge is 2.15. The van der Waals surface area contributed by atoms with Crippen molar-refractivity contribution in [3.63, 3.8) is 0 Å². The van der Waals surface area contributed by atoms with Crippen LogP contribution in [0.4, 0.5) is 10.1 Å². The highest BCUT2D eigenvalue weighted by atomic mass is 19.1. The third-order valence-electron chi connectivity index (χ3n) is 3.35. The van der Waals surface area contributed by atoms with E-state index in [2.05, 4.69) is 0 Å². The molecule has 0 aliphatic carbocycles. The normalized spacial score (nSPS) is 12.0. The lowest BCUT2D eigenvalue weighted by Gasteiger charge is -2.25. The first-order chi connectivity index (χ1) is 10.1. The molecule has 0 aliphatic rings. The van der Waals surface area contributed by atoms with Gasteiger partial charge in [0.1, 0.15) is 11.6 Å². The lowest BCUT2D eigenvalue weighted by atomic mass is 10.1. The first-order valence-electron chi connectivity index (χ1n) is 7.06. The molecule has 2 rings (SSSR count). The Balaban J connectivity index is 2.14. The molecule has 0 aromatic heterocycles. The summed E-state index contributed by atoms with van der Waals surface area (Å²) >= 11 is 0. The molecule has 1 atom stereocenters. The van der Waals surface area contributed by atoms with Crippen LogP contribution in [-0.4, -0.2) is 20.2 Å². The van der Waals surface area contributed by atoms with E-state index in [1.54, 1.807) is 12.1 Å². The standard InChI is InChI=1S/C17H21FN2O/c1-3-21-17-11-7-4-8-13(17)15(19)12-20(2)16-10-6-5-9-14(16)18/h4-11,15H,3,12,19H2,1-2H3. The van der Waals surface area contributed by atoms with Crippen molar-refractivity contribution in [3.05, 3.63) is 59.9 Å². The molecule has 21 heavy (non-hydrogen) atoms. The van der Waals surface area contributed by atoms with Crippen molar-refractivity contribution in [2.24, 2.45) is 5.73 Å². The Kier molecular flexibility index (Phi) is 5.17. The van der Waals surface area contributed by atoms with Gasteiger partial charge in [-0.3, -0.25) is 0 Å². The van der Waals surface area contributed by atoms with Gasteiger partial charge < -0.3 is 15.4 Å². The van der Waals surface area contributed by atoms with E-state index in [9.17, 15) is 4.39 Å². The van der Waals surface area contributed by atoms with Crippen molar-refractivity contribution in [1.82, 2.24) is 0 Å². The minimum Gasteiger partial charge on any atom is -0.494 e. The number of benzene rings is 2. The molecule has 3 nitrogen and oxygen atoms in total. The van der Waals surface area contributed by atoms with Crippen LogP contribution in [0.25, 0.3) is 0 Å². The first kappa shape index (κ1) is 15.3. The molecule has 0 spiro atoms. The predicted octanol–water partition coefficient (Wildman–Crippen LogP) is 3.36. The van der Waals surface area contributed by atoms with Crippen molar-refractivity contribution < 1.29 is 9.13 Å². The average Bonchev–Trinajstić information content (AvgIpc) is 2.48. The molecule has 2 aromatic rings. The van der Waals surface area contributed by atoms with Gasteiger partial charge >= 0.3 is 0 Å². The van der Waals surface area contributed by atoms with Gasteiger partial charge in [-0.2, -0.15) is 0 Å². The van der Waals surface area contributed by atoms with E-state index >= 15 is 0 Å². The fourth-order valence-electron chi connectivity index (χ4n) is 2.33. The van der Waals surface area contributed by atoms with Crippen LogP contribution in [0.5, 0.6) is 5.75 Å². The number of nitrogens with zero attached hydrogens (tertiary/aromatic N) is 1. The van der Waals surface area contributed by atoms with Gasteiger partial charge in [-0.05, 0) is 25.1 Å². The maximum absolute atomic E-state index is 13.8. The Morgan fingerprint density at radius 1 is 1.14 bits per heavy atom. The summed E-state index contributed by atoms with van der Waals surface area (Å²) in [5, 5.41) is 0. The highest BCUT2D eigenvalue weighted by Crippen LogP contribution is 2.26. The maximum atomic E-state index is 13.8. The molecule has 0 bridgehead atoms. The second-order valence-electron chi connectivity index (χ2n) is 4.91. The second-order valence-corrected chi connectivity index (χ2v) is 4.91. The summed E-state index contributed by atoms with van der Waals surface area (Å²) in [5.74, 6) is 0.541. The summed E-state index contributed by atoms with van der Waals surface area (Å²) in [5.41, 5.74) is 7.75. The van der Waals surface area contributed by atoms with Crippen molar-refractivity contribution in [3.8, 4) is 5.75 Å². The number of hydrogen-bond acceptors (Lipinski definition) is 3. The maximum Gasteiger partial charge on any atom is 0.146 e. The number of halogens is 1. The monoisotopic (exact) mass is 288 g/mol. The zero-order chi connectivity index (χ0) is 15.2. The van der Waals surface area contributed by atoms with Crippen molar-refractivity contribution in [2.45, 2.75) is 13.0 Å². The van der Waals surface area contributed by atoms with E-state index < -0.39 is 0 Å². The van der Waals surface area contributed by atoms with E-state index in [0.29, 0.717) is 18.8 Å². The molecule has 0 radical (unpaired) electrons. The van der Waals surface area contributed by atoms with Gasteiger partial charge in [-0.15, -0.1) is 0 Å². The largest absolute Gasteiger partial charge is 0.494 e. The van der Waals surface area contributed by atoms with Crippen LogP contribution in [0.2, 0.25) is 0 Å². The molecular weight excluding hydrogens is 267 g/mol. The summed E-state index contributed by atoms with van der Waals surface area (Å²) in [6.45, 7) is 3.03. The quantitative estimate of drug-likeness (QED) is 0.886. The summed E-state index contributed by atoms with van der Waals surface area (Å²) in [4.78, 5) is 1.82. The van der Waals surface area contributed by atoms with Crippen LogP contribution < -0.4 is 15.4 Å². The van der Waals surface area contributed by atoms with Gasteiger partial charge in [0.15, 0.2) is 0 Å². The summed E-state index contributed by atoms with van der Waals surface area (Å²) < 4.78 is 19.4. The van der Waals surface area contributed by atoms with Crippen LogP contribution in [0.15, 0.2) is 48.5 Å². The van der Waals surface area contributed by atoms with Crippen LogP contribution in [-0.2, 0) is 0 Å². The Labute approximate surface area is 125 Å². The van der Waals surface area contributed by atoms with E-state index in [4.69, 9.17) is 10.5 Å². The molecule has 0 heterocycles. The zero-order valence-corrected chi connectivity index (χ0v) is 12.4. The fourth-order valence-corrected chi connectivity index (χ4v) is 2.33. The number of hydrogen-bond donors (Lipinski definition) is 1. The van der Waals surface area contributed by atoms with Crippen LogP contribution in [0, 0.1) is 5.82 Å². The Morgan fingerprint density at radius 2 is 1.81 bits per heavy atom. The van der Waals surface area contributed by atoms with Gasteiger partial charge in [0, 0.05) is 19.2 Å². The summed E-state index contributed by atoms with van der Waals surface area (Å²) in [6, 6.07) is 14.1. The van der Waals surface area contributed by atoms with E-state index in [-0.39, 0.29) is 11.9 Å². The topological polar surface area (TPSA) is 38.5 Å². The first-order valence-corrected chi connectivity index (χ1v) is 7.06. The number of rotatable bonds is 6. The molecule has 0 amide bonds. The van der Waals surface area contributed by atoms with Crippen LogP contribution in [0.1, 0.15) is 18.5 Å². The molecule has 0 aliphatic heterocycles. The molecule has 0 saturated heterocycles. The smallest absolute Gasteiger partial charge is 0.146 e. The van der Waals surface area contributed by atoms with Crippen molar-refractivity contribution >= 4 is 5.69 Å². The molecule has 2 aromatic carbocycles.